The highest BCUT2D eigenvalue weighted by atomic mass is 16.8. The predicted octanol–water partition coefficient (Wildman–Crippen LogP) is 3.69. The number of benzene rings is 2. The largest absolute Gasteiger partial charge is 0.341 e. The van der Waals surface area contributed by atoms with Crippen LogP contribution in [0.25, 0.3) is 0 Å². The maximum Gasteiger partial charge on any atom is 0.318 e. The molecule has 0 radical (unpaired) electrons. The zero-order valence-electron chi connectivity index (χ0n) is 21.1. The lowest BCUT2D eigenvalue weighted by atomic mass is 9.93. The molecule has 2 unspecified atom stereocenters. The Morgan fingerprint density at radius 3 is 2.81 bits per heavy atom. The highest BCUT2D eigenvalue weighted by molar-refractivity contribution is 5.89. The monoisotopic (exact) mass is 490 g/mol. The molecule has 2 aromatic carbocycles. The third kappa shape index (κ3) is 3.97. The van der Waals surface area contributed by atoms with Crippen LogP contribution in [0, 0.1) is 12.8 Å². The van der Waals surface area contributed by atoms with Crippen LogP contribution in [0.5, 0.6) is 0 Å². The third-order valence-electron chi connectivity index (χ3n) is 8.21. The number of carbonyl (C=O) groups excluding carboxylic acids is 2. The van der Waals surface area contributed by atoms with E-state index in [1.165, 1.54) is 18.4 Å². The van der Waals surface area contributed by atoms with Gasteiger partial charge < -0.3 is 25.0 Å². The molecule has 1 spiro atoms. The molecule has 190 valence electrons. The summed E-state index contributed by atoms with van der Waals surface area (Å²) in [6.45, 7) is 5.18. The summed E-state index contributed by atoms with van der Waals surface area (Å²) in [6.07, 6.45) is 3.25. The van der Waals surface area contributed by atoms with E-state index in [1.54, 1.807) is 7.05 Å². The first kappa shape index (κ1) is 23.5. The van der Waals surface area contributed by atoms with Crippen molar-refractivity contribution in [3.8, 4) is 0 Å². The van der Waals surface area contributed by atoms with E-state index in [0.29, 0.717) is 12.5 Å². The highest BCUT2D eigenvalue weighted by Crippen LogP contribution is 2.56. The molecule has 4 fully saturated rings. The van der Waals surface area contributed by atoms with Crippen molar-refractivity contribution in [2.24, 2.45) is 5.92 Å². The second-order valence-electron chi connectivity index (χ2n) is 10.6. The van der Waals surface area contributed by atoms with Gasteiger partial charge in [0.25, 0.3) is 0 Å². The number of hydrogen-bond donors (Lipinski definition) is 2. The van der Waals surface area contributed by atoms with Crippen molar-refractivity contribution in [1.29, 1.82) is 0 Å². The van der Waals surface area contributed by atoms with E-state index < -0.39 is 12.0 Å². The Kier molecular flexibility index (Phi) is 5.78. The van der Waals surface area contributed by atoms with Gasteiger partial charge in [0, 0.05) is 25.3 Å². The summed E-state index contributed by atoms with van der Waals surface area (Å²) in [7, 11) is 1.60. The Hall–Kier alpha value is -2.94. The fourth-order valence-corrected chi connectivity index (χ4v) is 6.05. The number of rotatable bonds is 7. The summed E-state index contributed by atoms with van der Waals surface area (Å²) in [6, 6.07) is 14.3. The van der Waals surface area contributed by atoms with E-state index >= 15 is 0 Å². The van der Waals surface area contributed by atoms with E-state index in [4.69, 9.17) is 9.47 Å². The number of anilines is 1. The van der Waals surface area contributed by atoms with Gasteiger partial charge >= 0.3 is 6.03 Å². The second-order valence-corrected chi connectivity index (χ2v) is 10.6. The smallest absolute Gasteiger partial charge is 0.318 e. The minimum Gasteiger partial charge on any atom is -0.341 e. The zero-order chi connectivity index (χ0) is 25.0. The van der Waals surface area contributed by atoms with Crippen molar-refractivity contribution >= 4 is 17.6 Å². The number of fused-ring (bicyclic) bond motifs is 1. The molecule has 3 amide bonds. The zero-order valence-corrected chi connectivity index (χ0v) is 21.1. The number of ether oxygens (including phenoxy) is 2. The van der Waals surface area contributed by atoms with Crippen LogP contribution in [0.1, 0.15) is 48.4 Å². The average molecular weight is 491 g/mol. The van der Waals surface area contributed by atoms with Gasteiger partial charge in [0.05, 0.1) is 6.54 Å². The first-order valence-corrected chi connectivity index (χ1v) is 12.9. The topological polar surface area (TPSA) is 83.1 Å². The van der Waals surface area contributed by atoms with Gasteiger partial charge in [-0.25, -0.2) is 9.69 Å². The van der Waals surface area contributed by atoms with Crippen molar-refractivity contribution in [3.05, 3.63) is 64.7 Å². The number of nitrogens with zero attached hydrogens (tertiary/aromatic N) is 2. The molecule has 2 N–H and O–H groups in total. The first-order valence-electron chi connectivity index (χ1n) is 12.9. The van der Waals surface area contributed by atoms with Crippen LogP contribution in [-0.2, 0) is 32.8 Å². The minimum atomic E-state index is -0.560. The Morgan fingerprint density at radius 2 is 2.06 bits per heavy atom. The van der Waals surface area contributed by atoms with Crippen LogP contribution in [0.4, 0.5) is 10.5 Å². The quantitative estimate of drug-likeness (QED) is 0.619. The molecule has 7 rings (SSSR count). The molecule has 2 aromatic rings. The van der Waals surface area contributed by atoms with Crippen LogP contribution in [0.15, 0.2) is 42.5 Å². The van der Waals surface area contributed by atoms with Gasteiger partial charge in [0.2, 0.25) is 12.3 Å². The molecule has 8 heteroatoms. The number of urea groups is 1. The molecule has 1 saturated carbocycles. The molecular weight excluding hydrogens is 456 g/mol. The number of nitrogens with one attached hydrogen (secondary N) is 2. The lowest BCUT2D eigenvalue weighted by Crippen LogP contribution is -2.59. The van der Waals surface area contributed by atoms with Gasteiger partial charge in [-0.1, -0.05) is 35.9 Å². The van der Waals surface area contributed by atoms with Gasteiger partial charge in [0.1, 0.15) is 5.60 Å². The van der Waals surface area contributed by atoms with Crippen LogP contribution >= 0.6 is 0 Å². The molecule has 3 aliphatic heterocycles. The van der Waals surface area contributed by atoms with Gasteiger partial charge in [-0.05, 0) is 74.3 Å². The maximum absolute atomic E-state index is 13.7. The minimum absolute atomic E-state index is 0.123. The summed E-state index contributed by atoms with van der Waals surface area (Å²) < 4.78 is 12.5. The van der Waals surface area contributed by atoms with Crippen molar-refractivity contribution in [2.75, 3.05) is 18.9 Å². The third-order valence-corrected chi connectivity index (χ3v) is 8.21. The summed E-state index contributed by atoms with van der Waals surface area (Å²) in [5.41, 5.74) is 4.80. The molecule has 2 bridgehead atoms. The van der Waals surface area contributed by atoms with Crippen LogP contribution in [0.2, 0.25) is 0 Å². The fourth-order valence-electron chi connectivity index (χ4n) is 6.05. The van der Waals surface area contributed by atoms with E-state index in [-0.39, 0.29) is 30.8 Å². The predicted molar refractivity (Wildman–Crippen MR) is 135 cm³/mol. The normalized spacial score (nSPS) is 26.9. The average Bonchev–Trinajstić information content (AvgIpc) is 3.47. The molecule has 3 heterocycles. The maximum atomic E-state index is 13.7. The Bertz CT molecular complexity index is 1200. The van der Waals surface area contributed by atoms with Gasteiger partial charge in [0.15, 0.2) is 6.23 Å². The van der Waals surface area contributed by atoms with Crippen LogP contribution in [0.3, 0.4) is 0 Å². The lowest BCUT2D eigenvalue weighted by Gasteiger charge is -2.41. The molecule has 0 aromatic heterocycles. The molecule has 3 saturated heterocycles. The summed E-state index contributed by atoms with van der Waals surface area (Å²) >= 11 is 0. The Morgan fingerprint density at radius 1 is 1.22 bits per heavy atom. The molecule has 5 aliphatic rings. The van der Waals surface area contributed by atoms with E-state index in [2.05, 4.69) is 58.5 Å². The molecular formula is C28H34N4O4. The van der Waals surface area contributed by atoms with Crippen LogP contribution in [-0.4, -0.2) is 54.0 Å². The fraction of sp³-hybridized carbons (Fsp3) is 0.500. The second kappa shape index (κ2) is 8.87. The summed E-state index contributed by atoms with van der Waals surface area (Å²) in [5.74, 6) is 0.711. The van der Waals surface area contributed by atoms with E-state index in [0.717, 1.165) is 35.2 Å². The standard InChI is InChI=1S/C28H34N4O4/c1-17-5-4-6-19(13-17)15-31(18(2)20-7-8-20)24(33)16-32-25-28(36-27(32)35-25)12-11-21-14-22(9-10-23(21)28)30-26(34)29-3/h4-6,9-10,13-14,18,20,25,27H,7-8,11-12,15-16H2,1-3H3,(H2,29,30,34)/t18-,25?,27?,28+/m0/s1. The van der Waals surface area contributed by atoms with Crippen molar-refractivity contribution in [3.63, 3.8) is 0 Å². The van der Waals surface area contributed by atoms with Gasteiger partial charge in [-0.15, -0.1) is 0 Å². The number of aryl methyl sites for hydroxylation is 2. The van der Waals surface area contributed by atoms with Gasteiger partial charge in [-0.2, -0.15) is 0 Å². The first-order chi connectivity index (χ1) is 17.4. The summed E-state index contributed by atoms with van der Waals surface area (Å²) in [5, 5.41) is 5.41. The van der Waals surface area contributed by atoms with Gasteiger partial charge in [-0.3, -0.25) is 4.79 Å². The van der Waals surface area contributed by atoms with Crippen molar-refractivity contribution < 1.29 is 19.1 Å². The molecule has 36 heavy (non-hydrogen) atoms. The molecule has 4 atom stereocenters. The van der Waals surface area contributed by atoms with Crippen LogP contribution < -0.4 is 10.6 Å². The number of carbonyl (C=O) groups is 2. The van der Waals surface area contributed by atoms with E-state index in [9.17, 15) is 9.59 Å². The molecule has 2 aliphatic carbocycles. The van der Waals surface area contributed by atoms with E-state index in [1.807, 2.05) is 18.2 Å². The summed E-state index contributed by atoms with van der Waals surface area (Å²) in [4.78, 5) is 29.5. The highest BCUT2D eigenvalue weighted by Gasteiger charge is 2.66. The molecule has 8 nitrogen and oxygen atoms in total. The van der Waals surface area contributed by atoms with Crippen molar-refractivity contribution in [1.82, 2.24) is 15.1 Å². The SMILES string of the molecule is CNC(=O)Nc1ccc2c(c1)CC[C@@]21OC2OC1N2CC(=O)N(Cc1cccc(C)c1)[C@@H](C)C1CC1. The lowest BCUT2D eigenvalue weighted by molar-refractivity contribution is -0.285. The Labute approximate surface area is 211 Å². The van der Waals surface area contributed by atoms with Crippen molar-refractivity contribution in [2.45, 2.75) is 70.4 Å². The number of hydrogen-bond acceptors (Lipinski definition) is 5. The number of amides is 3. The Balaban J connectivity index is 1.18.